The molecule has 2 aromatic rings. The second kappa shape index (κ2) is 8.23. The van der Waals surface area contributed by atoms with Gasteiger partial charge < -0.3 is 9.73 Å². The monoisotopic (exact) mass is 306 g/mol. The third-order valence-corrected chi connectivity index (χ3v) is 3.91. The Bertz CT molecular complexity index is 523. The molecule has 0 saturated heterocycles. The minimum Gasteiger partial charge on any atom is -0.448 e. The van der Waals surface area contributed by atoms with Crippen LogP contribution in [0.4, 0.5) is 0 Å². The second-order valence-corrected chi connectivity index (χ2v) is 5.36. The molecule has 0 bridgehead atoms. The molecule has 2 rings (SSSR count). The lowest BCUT2D eigenvalue weighted by molar-refractivity contribution is 0.212. The standard InChI is InChI=1S/C17H23ClN2O/c1-3-20(4-2)16(14-8-6-5-7-9-14)13-19-12-15-10-11-17(18)21-15/h5-11,16,19H,3-4,12-13H2,1-2H3. The van der Waals surface area contributed by atoms with Crippen LogP contribution in [-0.2, 0) is 6.54 Å². The van der Waals surface area contributed by atoms with Crippen molar-refractivity contribution in [2.45, 2.75) is 26.4 Å². The quantitative estimate of drug-likeness (QED) is 0.795. The number of hydrogen-bond acceptors (Lipinski definition) is 3. The van der Waals surface area contributed by atoms with Crippen LogP contribution in [0.1, 0.15) is 31.2 Å². The molecule has 1 atom stereocenters. The molecule has 1 heterocycles. The Morgan fingerprint density at radius 2 is 1.81 bits per heavy atom. The zero-order valence-corrected chi connectivity index (χ0v) is 13.4. The van der Waals surface area contributed by atoms with E-state index in [9.17, 15) is 0 Å². The lowest BCUT2D eigenvalue weighted by Gasteiger charge is -2.30. The molecule has 0 aliphatic rings. The molecule has 1 aromatic carbocycles. The van der Waals surface area contributed by atoms with Gasteiger partial charge in [0, 0.05) is 12.6 Å². The molecule has 1 aromatic heterocycles. The molecule has 1 unspecified atom stereocenters. The van der Waals surface area contributed by atoms with Gasteiger partial charge in [-0.05, 0) is 42.4 Å². The zero-order chi connectivity index (χ0) is 15.1. The highest BCUT2D eigenvalue weighted by molar-refractivity contribution is 6.28. The molecule has 1 N–H and O–H groups in total. The van der Waals surface area contributed by atoms with E-state index >= 15 is 0 Å². The Labute approximate surface area is 131 Å². The summed E-state index contributed by atoms with van der Waals surface area (Å²) in [6, 6.07) is 14.7. The Morgan fingerprint density at radius 1 is 1.10 bits per heavy atom. The maximum absolute atomic E-state index is 5.79. The second-order valence-electron chi connectivity index (χ2n) is 4.98. The summed E-state index contributed by atoms with van der Waals surface area (Å²) in [4.78, 5) is 2.46. The summed E-state index contributed by atoms with van der Waals surface area (Å²) in [6.45, 7) is 8.04. The van der Waals surface area contributed by atoms with Gasteiger partial charge in [-0.2, -0.15) is 0 Å². The Morgan fingerprint density at radius 3 is 2.38 bits per heavy atom. The van der Waals surface area contributed by atoms with E-state index in [0.717, 1.165) is 25.4 Å². The van der Waals surface area contributed by atoms with Crippen molar-refractivity contribution in [3.63, 3.8) is 0 Å². The fraction of sp³-hybridized carbons (Fsp3) is 0.412. The highest BCUT2D eigenvalue weighted by Gasteiger charge is 2.17. The predicted octanol–water partition coefficient (Wildman–Crippen LogP) is 4.11. The molecule has 4 heteroatoms. The van der Waals surface area contributed by atoms with E-state index in [1.807, 2.05) is 6.07 Å². The largest absolute Gasteiger partial charge is 0.448 e. The van der Waals surface area contributed by atoms with Crippen molar-refractivity contribution in [1.29, 1.82) is 0 Å². The summed E-state index contributed by atoms with van der Waals surface area (Å²) in [7, 11) is 0. The average molecular weight is 307 g/mol. The van der Waals surface area contributed by atoms with Crippen LogP contribution in [0.15, 0.2) is 46.9 Å². The number of likely N-dealkylation sites (N-methyl/N-ethyl adjacent to an activating group) is 1. The van der Waals surface area contributed by atoms with Gasteiger partial charge in [-0.1, -0.05) is 44.2 Å². The van der Waals surface area contributed by atoms with Gasteiger partial charge >= 0.3 is 0 Å². The lowest BCUT2D eigenvalue weighted by atomic mass is 10.1. The zero-order valence-electron chi connectivity index (χ0n) is 12.7. The normalized spacial score (nSPS) is 12.8. The van der Waals surface area contributed by atoms with Crippen LogP contribution >= 0.6 is 11.6 Å². The molecule has 0 aliphatic carbocycles. The van der Waals surface area contributed by atoms with Crippen LogP contribution in [0.3, 0.4) is 0 Å². The van der Waals surface area contributed by atoms with Crippen molar-refractivity contribution in [3.05, 3.63) is 59.0 Å². The maximum Gasteiger partial charge on any atom is 0.193 e. The van der Waals surface area contributed by atoms with E-state index in [0.29, 0.717) is 17.8 Å². The van der Waals surface area contributed by atoms with E-state index in [1.165, 1.54) is 5.56 Å². The van der Waals surface area contributed by atoms with Crippen molar-refractivity contribution >= 4 is 11.6 Å². The lowest BCUT2D eigenvalue weighted by Crippen LogP contribution is -2.35. The number of furan rings is 1. The van der Waals surface area contributed by atoms with Gasteiger partial charge in [0.1, 0.15) is 5.76 Å². The Hall–Kier alpha value is -1.29. The van der Waals surface area contributed by atoms with Gasteiger partial charge in [0.15, 0.2) is 5.22 Å². The number of halogens is 1. The molecule has 0 spiro atoms. The van der Waals surface area contributed by atoms with Crippen molar-refractivity contribution in [1.82, 2.24) is 10.2 Å². The first-order valence-corrected chi connectivity index (χ1v) is 7.86. The van der Waals surface area contributed by atoms with Crippen molar-refractivity contribution in [3.8, 4) is 0 Å². The smallest absolute Gasteiger partial charge is 0.193 e. The van der Waals surface area contributed by atoms with Gasteiger partial charge in [0.2, 0.25) is 0 Å². The molecule has 0 aliphatic heterocycles. The average Bonchev–Trinajstić information content (AvgIpc) is 2.93. The number of rotatable bonds is 8. The van der Waals surface area contributed by atoms with Crippen LogP contribution in [0.25, 0.3) is 0 Å². The molecular formula is C17H23ClN2O. The number of nitrogens with zero attached hydrogens (tertiary/aromatic N) is 1. The van der Waals surface area contributed by atoms with Crippen LogP contribution < -0.4 is 5.32 Å². The van der Waals surface area contributed by atoms with Crippen molar-refractivity contribution < 1.29 is 4.42 Å². The first kappa shape index (κ1) is 16.1. The third kappa shape index (κ3) is 4.60. The third-order valence-electron chi connectivity index (χ3n) is 3.70. The number of benzene rings is 1. The highest BCUT2D eigenvalue weighted by Crippen LogP contribution is 2.20. The first-order valence-electron chi connectivity index (χ1n) is 7.48. The van der Waals surface area contributed by atoms with Gasteiger partial charge in [-0.15, -0.1) is 0 Å². The molecule has 21 heavy (non-hydrogen) atoms. The topological polar surface area (TPSA) is 28.4 Å². The Balaban J connectivity index is 1.99. The van der Waals surface area contributed by atoms with E-state index in [1.54, 1.807) is 6.07 Å². The molecular weight excluding hydrogens is 284 g/mol. The number of hydrogen-bond donors (Lipinski definition) is 1. The van der Waals surface area contributed by atoms with Crippen LogP contribution in [-0.4, -0.2) is 24.5 Å². The number of nitrogens with one attached hydrogen (secondary N) is 1. The Kier molecular flexibility index (Phi) is 6.30. The van der Waals surface area contributed by atoms with Gasteiger partial charge in [0.05, 0.1) is 6.54 Å². The molecule has 114 valence electrons. The van der Waals surface area contributed by atoms with E-state index in [4.69, 9.17) is 16.0 Å². The minimum atomic E-state index is 0.367. The SMILES string of the molecule is CCN(CC)C(CNCc1ccc(Cl)o1)c1ccccc1. The summed E-state index contributed by atoms with van der Waals surface area (Å²) in [5, 5.41) is 3.91. The van der Waals surface area contributed by atoms with Gasteiger partial charge in [-0.25, -0.2) is 0 Å². The van der Waals surface area contributed by atoms with Crippen LogP contribution in [0.2, 0.25) is 5.22 Å². The fourth-order valence-corrected chi connectivity index (χ4v) is 2.74. The predicted molar refractivity (Wildman–Crippen MR) is 87.5 cm³/mol. The fourth-order valence-electron chi connectivity index (χ4n) is 2.58. The van der Waals surface area contributed by atoms with E-state index in [2.05, 4.69) is 54.4 Å². The molecule has 0 amide bonds. The van der Waals surface area contributed by atoms with Gasteiger partial charge in [-0.3, -0.25) is 4.90 Å². The summed E-state index contributed by atoms with van der Waals surface area (Å²) >= 11 is 5.79. The molecule has 0 saturated carbocycles. The minimum absolute atomic E-state index is 0.367. The van der Waals surface area contributed by atoms with Crippen LogP contribution in [0.5, 0.6) is 0 Å². The molecule has 0 fully saturated rings. The molecule has 0 radical (unpaired) electrons. The summed E-state index contributed by atoms with van der Waals surface area (Å²) < 4.78 is 5.37. The van der Waals surface area contributed by atoms with E-state index in [-0.39, 0.29) is 0 Å². The summed E-state index contributed by atoms with van der Waals surface area (Å²) in [6.07, 6.45) is 0. The van der Waals surface area contributed by atoms with Crippen molar-refractivity contribution in [2.75, 3.05) is 19.6 Å². The maximum atomic E-state index is 5.79. The van der Waals surface area contributed by atoms with Crippen molar-refractivity contribution in [2.24, 2.45) is 0 Å². The van der Waals surface area contributed by atoms with E-state index < -0.39 is 0 Å². The summed E-state index contributed by atoms with van der Waals surface area (Å²) in [5.74, 6) is 0.867. The van der Waals surface area contributed by atoms with Gasteiger partial charge in [0.25, 0.3) is 0 Å². The highest BCUT2D eigenvalue weighted by atomic mass is 35.5. The molecule has 3 nitrogen and oxygen atoms in total. The first-order chi connectivity index (χ1) is 10.2. The van der Waals surface area contributed by atoms with Crippen LogP contribution in [0, 0.1) is 0 Å². The summed E-state index contributed by atoms with van der Waals surface area (Å²) in [5.41, 5.74) is 1.34.